The monoisotopic (exact) mass is 491 g/mol. The number of benzene rings is 1. The zero-order chi connectivity index (χ0) is 26.1. The number of anilines is 2. The van der Waals surface area contributed by atoms with E-state index in [9.17, 15) is 23.1 Å². The van der Waals surface area contributed by atoms with E-state index in [4.69, 9.17) is 25.5 Å². The van der Waals surface area contributed by atoms with E-state index in [0.29, 0.717) is 0 Å². The predicted molar refractivity (Wildman–Crippen MR) is 116 cm³/mol. The van der Waals surface area contributed by atoms with Gasteiger partial charge >= 0.3 is 12.1 Å². The summed E-state index contributed by atoms with van der Waals surface area (Å²) < 4.78 is 38.5. The molecule has 1 heterocycles. The number of halogens is 3. The smallest absolute Gasteiger partial charge is 0.416 e. The molecule has 0 aliphatic rings. The number of hydrogen-bond acceptors (Lipinski definition) is 9. The number of alkyl halides is 3. The molecular weight excluding hydrogens is 463 g/mol. The molecule has 2 aromatic rings. The summed E-state index contributed by atoms with van der Waals surface area (Å²) in [6.07, 6.45) is -8.76. The Kier molecular flexibility index (Phi) is 11.3. The number of carbonyl (C=O) groups is 1. The molecule has 2 rings (SSSR count). The molecule has 0 unspecified atom stereocenters. The molecule has 1 aromatic heterocycles. The number of nitrogens with one attached hydrogen (secondary N) is 2. The van der Waals surface area contributed by atoms with Crippen molar-refractivity contribution in [3.05, 3.63) is 53.2 Å². The minimum absolute atomic E-state index is 0.00701. The summed E-state index contributed by atoms with van der Waals surface area (Å²) in [7, 11) is 1.57. The standard InChI is InChI=1S/C14H11F3N2O2.C7H17NO5/c1-8-10(14(15,16)17)5-2-6-11(8)19-12-9(13(20)21)4-3-7-18-12;1-8-2-4(10)6(12)7(13)5(11)3-9/h2-7H,1H3,(H,18,19)(H,20,21);4-13H,2-3H2,1H3/t;4-,5+,6+,7-/m.0/s1. The Balaban J connectivity index is 0.000000385. The van der Waals surface area contributed by atoms with Crippen LogP contribution < -0.4 is 10.6 Å². The highest BCUT2D eigenvalue weighted by Gasteiger charge is 2.33. The van der Waals surface area contributed by atoms with Crippen LogP contribution in [0.25, 0.3) is 0 Å². The zero-order valence-corrected chi connectivity index (χ0v) is 18.4. The molecule has 0 bridgehead atoms. The first-order valence-corrected chi connectivity index (χ1v) is 9.94. The summed E-state index contributed by atoms with van der Waals surface area (Å²) in [5, 5.41) is 59.2. The van der Waals surface area contributed by atoms with Crippen LogP contribution in [0.2, 0.25) is 0 Å². The van der Waals surface area contributed by atoms with Crippen molar-refractivity contribution in [3.8, 4) is 0 Å². The first-order chi connectivity index (χ1) is 15.8. The summed E-state index contributed by atoms with van der Waals surface area (Å²) in [5.41, 5.74) is -0.757. The van der Waals surface area contributed by atoms with Gasteiger partial charge in [0.15, 0.2) is 0 Å². The Bertz CT molecular complexity index is 931. The maximum absolute atomic E-state index is 12.8. The first-order valence-electron chi connectivity index (χ1n) is 9.94. The van der Waals surface area contributed by atoms with Gasteiger partial charge in [-0.05, 0) is 43.8 Å². The van der Waals surface area contributed by atoms with Gasteiger partial charge in [0.1, 0.15) is 29.7 Å². The van der Waals surface area contributed by atoms with Crippen LogP contribution in [0, 0.1) is 6.92 Å². The third kappa shape index (κ3) is 8.20. The quantitative estimate of drug-likeness (QED) is 0.246. The van der Waals surface area contributed by atoms with Crippen LogP contribution in [-0.4, -0.2) is 86.2 Å². The van der Waals surface area contributed by atoms with E-state index in [1.54, 1.807) is 7.05 Å². The van der Waals surface area contributed by atoms with Crippen molar-refractivity contribution in [1.29, 1.82) is 0 Å². The molecule has 8 N–H and O–H groups in total. The van der Waals surface area contributed by atoms with Gasteiger partial charge in [-0.2, -0.15) is 13.2 Å². The average molecular weight is 491 g/mol. The number of likely N-dealkylation sites (N-methyl/N-ethyl adjacent to an activating group) is 1. The lowest BCUT2D eigenvalue weighted by molar-refractivity contribution is -0.138. The second-order valence-electron chi connectivity index (χ2n) is 7.16. The summed E-state index contributed by atoms with van der Waals surface area (Å²) in [6, 6.07) is 6.41. The van der Waals surface area contributed by atoms with Gasteiger partial charge in [0.25, 0.3) is 0 Å². The van der Waals surface area contributed by atoms with Gasteiger partial charge in [-0.1, -0.05) is 6.07 Å². The van der Waals surface area contributed by atoms with E-state index in [0.717, 1.165) is 6.07 Å². The number of aliphatic hydroxyl groups is 5. The van der Waals surface area contributed by atoms with Gasteiger partial charge in [-0.15, -0.1) is 0 Å². The largest absolute Gasteiger partial charge is 0.478 e. The lowest BCUT2D eigenvalue weighted by atomic mass is 10.0. The highest BCUT2D eigenvalue weighted by atomic mass is 19.4. The van der Waals surface area contributed by atoms with Crippen LogP contribution in [0.4, 0.5) is 24.7 Å². The summed E-state index contributed by atoms with van der Waals surface area (Å²) in [6.45, 7) is 0.745. The molecule has 10 nitrogen and oxygen atoms in total. The molecular formula is C21H28F3N3O7. The molecule has 0 fully saturated rings. The first kappa shape index (κ1) is 29.2. The SMILES string of the molecule is CNC[C@H](O)[C@@H](O)[C@@H](O)[C@H](O)CO.Cc1c(Nc2ncccc2C(=O)O)cccc1C(F)(F)F. The zero-order valence-electron chi connectivity index (χ0n) is 18.4. The number of pyridine rings is 1. The summed E-state index contributed by atoms with van der Waals surface area (Å²) >= 11 is 0. The Hall–Kier alpha value is -2.81. The fourth-order valence-electron chi connectivity index (χ4n) is 2.78. The van der Waals surface area contributed by atoms with Crippen LogP contribution in [0.15, 0.2) is 36.5 Å². The third-order valence-electron chi connectivity index (χ3n) is 4.67. The molecule has 0 amide bonds. The van der Waals surface area contributed by atoms with Crippen molar-refractivity contribution in [2.45, 2.75) is 37.5 Å². The van der Waals surface area contributed by atoms with Gasteiger partial charge in [0.05, 0.1) is 18.3 Å². The molecule has 34 heavy (non-hydrogen) atoms. The van der Waals surface area contributed by atoms with Gasteiger partial charge in [0.2, 0.25) is 0 Å². The molecule has 190 valence electrons. The number of aliphatic hydroxyl groups excluding tert-OH is 5. The van der Waals surface area contributed by atoms with E-state index in [1.807, 2.05) is 0 Å². The average Bonchev–Trinajstić information content (AvgIpc) is 2.78. The number of carboxylic acids is 1. The van der Waals surface area contributed by atoms with E-state index in [2.05, 4.69) is 15.6 Å². The minimum atomic E-state index is -4.47. The van der Waals surface area contributed by atoms with Gasteiger partial charge in [-0.3, -0.25) is 0 Å². The second-order valence-corrected chi connectivity index (χ2v) is 7.16. The summed E-state index contributed by atoms with van der Waals surface area (Å²) in [4.78, 5) is 14.9. The molecule has 0 aliphatic heterocycles. The Morgan fingerprint density at radius 3 is 2.21 bits per heavy atom. The van der Waals surface area contributed by atoms with Crippen LogP contribution in [0.3, 0.4) is 0 Å². The number of aromatic nitrogens is 1. The van der Waals surface area contributed by atoms with Crippen LogP contribution in [0.5, 0.6) is 0 Å². The highest BCUT2D eigenvalue weighted by molar-refractivity contribution is 5.94. The number of rotatable bonds is 9. The van der Waals surface area contributed by atoms with Gasteiger partial charge in [0, 0.05) is 18.4 Å². The normalized spacial score (nSPS) is 14.9. The second kappa shape index (κ2) is 13.2. The number of hydrogen-bond donors (Lipinski definition) is 8. The lowest BCUT2D eigenvalue weighted by Crippen LogP contribution is -2.48. The number of aromatic carboxylic acids is 1. The van der Waals surface area contributed by atoms with Crippen molar-refractivity contribution in [1.82, 2.24) is 10.3 Å². The molecule has 0 aliphatic carbocycles. The van der Waals surface area contributed by atoms with E-state index >= 15 is 0 Å². The Morgan fingerprint density at radius 2 is 1.68 bits per heavy atom. The molecule has 4 atom stereocenters. The maximum atomic E-state index is 12.8. The molecule has 0 spiro atoms. The number of carboxylic acid groups (broad SMARTS) is 1. The molecule has 0 saturated carbocycles. The van der Waals surface area contributed by atoms with E-state index in [-0.39, 0.29) is 29.2 Å². The van der Waals surface area contributed by atoms with E-state index < -0.39 is 48.7 Å². The maximum Gasteiger partial charge on any atom is 0.416 e. The van der Waals surface area contributed by atoms with E-state index in [1.165, 1.54) is 37.4 Å². The third-order valence-corrected chi connectivity index (χ3v) is 4.67. The Morgan fingerprint density at radius 1 is 1.06 bits per heavy atom. The van der Waals surface area contributed by atoms with Gasteiger partial charge < -0.3 is 41.3 Å². The highest BCUT2D eigenvalue weighted by Crippen LogP contribution is 2.35. The molecule has 1 aromatic carbocycles. The van der Waals surface area contributed by atoms with Gasteiger partial charge in [-0.25, -0.2) is 9.78 Å². The molecule has 0 saturated heterocycles. The fourth-order valence-corrected chi connectivity index (χ4v) is 2.78. The van der Waals surface area contributed by atoms with Crippen molar-refractivity contribution in [2.75, 3.05) is 25.5 Å². The minimum Gasteiger partial charge on any atom is -0.478 e. The van der Waals surface area contributed by atoms with Crippen LogP contribution in [0.1, 0.15) is 21.5 Å². The molecule has 13 heteroatoms. The van der Waals surface area contributed by atoms with Crippen molar-refractivity contribution in [3.63, 3.8) is 0 Å². The number of nitrogens with zero attached hydrogens (tertiary/aromatic N) is 1. The topological polar surface area (TPSA) is 175 Å². The Labute approximate surface area is 193 Å². The fraction of sp³-hybridized carbons (Fsp3) is 0.429. The molecule has 0 radical (unpaired) electrons. The summed E-state index contributed by atoms with van der Waals surface area (Å²) in [5.74, 6) is -1.22. The van der Waals surface area contributed by atoms with Crippen molar-refractivity contribution >= 4 is 17.5 Å². The lowest BCUT2D eigenvalue weighted by Gasteiger charge is -2.25. The van der Waals surface area contributed by atoms with Crippen LogP contribution in [-0.2, 0) is 6.18 Å². The van der Waals surface area contributed by atoms with Crippen molar-refractivity contribution in [2.24, 2.45) is 0 Å². The van der Waals surface area contributed by atoms with Crippen molar-refractivity contribution < 1.29 is 48.6 Å². The van der Waals surface area contributed by atoms with Crippen LogP contribution >= 0.6 is 0 Å². The predicted octanol–water partition coefficient (Wildman–Crippen LogP) is 0.492.